The van der Waals surface area contributed by atoms with Gasteiger partial charge in [-0.2, -0.15) is 0 Å². The maximum absolute atomic E-state index is 9.22. The van der Waals surface area contributed by atoms with Crippen LogP contribution in [0.15, 0.2) is 12.1 Å². The molecule has 0 saturated carbocycles. The molecular formula is C10H6O2. The van der Waals surface area contributed by atoms with E-state index in [0.717, 1.165) is 0 Å². The Labute approximate surface area is 70.5 Å². The van der Waals surface area contributed by atoms with E-state index < -0.39 is 0 Å². The van der Waals surface area contributed by atoms with Crippen molar-refractivity contribution >= 4 is 0 Å². The topological polar surface area (TPSA) is 40.5 Å². The third-order valence-electron chi connectivity index (χ3n) is 1.46. The van der Waals surface area contributed by atoms with Crippen molar-refractivity contribution in [2.24, 2.45) is 0 Å². The molecule has 0 unspecified atom stereocenters. The van der Waals surface area contributed by atoms with Crippen molar-refractivity contribution in [2.75, 3.05) is 0 Å². The van der Waals surface area contributed by atoms with Crippen LogP contribution in [0, 0.1) is 24.7 Å². The van der Waals surface area contributed by atoms with Gasteiger partial charge in [0.1, 0.15) is 0 Å². The second-order valence-electron chi connectivity index (χ2n) is 2.15. The third-order valence-corrected chi connectivity index (χ3v) is 1.46. The van der Waals surface area contributed by atoms with Crippen molar-refractivity contribution in [3.05, 3.63) is 23.3 Å². The van der Waals surface area contributed by atoms with Gasteiger partial charge in [0.2, 0.25) is 0 Å². The number of benzene rings is 1. The Kier molecular flexibility index (Phi) is 1.94. The van der Waals surface area contributed by atoms with E-state index in [9.17, 15) is 10.2 Å². The molecule has 1 aromatic carbocycles. The van der Waals surface area contributed by atoms with Crippen molar-refractivity contribution in [1.82, 2.24) is 0 Å². The summed E-state index contributed by atoms with van der Waals surface area (Å²) in [5, 5.41) is 18.4. The van der Waals surface area contributed by atoms with Gasteiger partial charge in [0.25, 0.3) is 0 Å². The lowest BCUT2D eigenvalue weighted by Crippen LogP contribution is -1.81. The standard InChI is InChI=1S/C10H6O2/c1-3-7-5-6-8(4-2)10(12)9(7)11/h1-2,5-6,11-12H. The maximum Gasteiger partial charge on any atom is 0.174 e. The van der Waals surface area contributed by atoms with Gasteiger partial charge in [0, 0.05) is 0 Å². The van der Waals surface area contributed by atoms with Gasteiger partial charge < -0.3 is 10.2 Å². The zero-order valence-corrected chi connectivity index (χ0v) is 6.20. The maximum atomic E-state index is 9.22. The van der Waals surface area contributed by atoms with Gasteiger partial charge in [0.15, 0.2) is 11.5 Å². The second-order valence-corrected chi connectivity index (χ2v) is 2.15. The molecule has 0 heterocycles. The van der Waals surface area contributed by atoms with Crippen LogP contribution in [0.1, 0.15) is 11.1 Å². The molecule has 0 saturated heterocycles. The monoisotopic (exact) mass is 158 g/mol. The van der Waals surface area contributed by atoms with Crippen LogP contribution in [0.5, 0.6) is 11.5 Å². The van der Waals surface area contributed by atoms with Gasteiger partial charge in [-0.15, -0.1) is 12.8 Å². The molecule has 58 valence electrons. The smallest absolute Gasteiger partial charge is 0.174 e. The highest BCUT2D eigenvalue weighted by molar-refractivity contribution is 5.59. The molecule has 0 aliphatic rings. The van der Waals surface area contributed by atoms with Gasteiger partial charge >= 0.3 is 0 Å². The van der Waals surface area contributed by atoms with Gasteiger partial charge in [-0.1, -0.05) is 11.8 Å². The molecule has 0 amide bonds. The third kappa shape index (κ3) is 1.07. The number of terminal acetylenes is 2. The Morgan fingerprint density at radius 3 is 1.50 bits per heavy atom. The van der Waals surface area contributed by atoms with E-state index in [1.54, 1.807) is 0 Å². The summed E-state index contributed by atoms with van der Waals surface area (Å²) < 4.78 is 0. The molecule has 0 aliphatic heterocycles. The first kappa shape index (κ1) is 8.04. The van der Waals surface area contributed by atoms with Crippen LogP contribution >= 0.6 is 0 Å². The number of phenols is 2. The Balaban J connectivity index is 3.45. The van der Waals surface area contributed by atoms with Crippen molar-refractivity contribution in [3.8, 4) is 36.2 Å². The summed E-state index contributed by atoms with van der Waals surface area (Å²) in [6.07, 6.45) is 10.1. The van der Waals surface area contributed by atoms with E-state index in [2.05, 4.69) is 11.8 Å². The van der Waals surface area contributed by atoms with E-state index in [-0.39, 0.29) is 22.6 Å². The summed E-state index contributed by atoms with van der Waals surface area (Å²) in [7, 11) is 0. The van der Waals surface area contributed by atoms with Crippen LogP contribution in [0.4, 0.5) is 0 Å². The Hall–Kier alpha value is -2.06. The van der Waals surface area contributed by atoms with Crippen LogP contribution < -0.4 is 0 Å². The quantitative estimate of drug-likeness (QED) is 0.438. The predicted molar refractivity (Wildman–Crippen MR) is 45.6 cm³/mol. The SMILES string of the molecule is C#Cc1ccc(C#C)c(O)c1O. The Morgan fingerprint density at radius 1 is 0.917 bits per heavy atom. The molecule has 0 atom stereocenters. The molecule has 0 aromatic heterocycles. The van der Waals surface area contributed by atoms with Crippen molar-refractivity contribution in [2.45, 2.75) is 0 Å². The van der Waals surface area contributed by atoms with Crippen LogP contribution in [0.2, 0.25) is 0 Å². The highest BCUT2D eigenvalue weighted by Crippen LogP contribution is 2.31. The van der Waals surface area contributed by atoms with Gasteiger partial charge in [0.05, 0.1) is 11.1 Å². The molecule has 0 radical (unpaired) electrons. The summed E-state index contributed by atoms with van der Waals surface area (Å²) in [4.78, 5) is 0. The minimum absolute atomic E-state index is 0.228. The molecule has 0 fully saturated rings. The lowest BCUT2D eigenvalue weighted by molar-refractivity contribution is 0.402. The molecule has 0 aliphatic carbocycles. The lowest BCUT2D eigenvalue weighted by Gasteiger charge is -2.01. The normalized spacial score (nSPS) is 8.50. The fraction of sp³-hybridized carbons (Fsp3) is 0. The average Bonchev–Trinajstić information content (AvgIpc) is 2.10. The molecule has 0 bridgehead atoms. The highest BCUT2D eigenvalue weighted by atomic mass is 16.3. The molecule has 2 nitrogen and oxygen atoms in total. The van der Waals surface area contributed by atoms with E-state index in [1.807, 2.05) is 0 Å². The van der Waals surface area contributed by atoms with Crippen molar-refractivity contribution in [1.29, 1.82) is 0 Å². The number of hydrogen-bond donors (Lipinski definition) is 2. The zero-order chi connectivity index (χ0) is 9.14. The molecule has 1 aromatic rings. The molecule has 2 heteroatoms. The molecule has 12 heavy (non-hydrogen) atoms. The summed E-state index contributed by atoms with van der Waals surface area (Å²) in [5.41, 5.74) is 0.456. The summed E-state index contributed by atoms with van der Waals surface area (Å²) in [5.74, 6) is 3.74. The fourth-order valence-electron chi connectivity index (χ4n) is 0.813. The average molecular weight is 158 g/mol. The van der Waals surface area contributed by atoms with Crippen LogP contribution in [-0.4, -0.2) is 10.2 Å². The number of rotatable bonds is 0. The second kappa shape index (κ2) is 2.90. The zero-order valence-electron chi connectivity index (χ0n) is 6.20. The first-order valence-electron chi connectivity index (χ1n) is 3.19. The summed E-state index contributed by atoms with van der Waals surface area (Å²) in [6.45, 7) is 0. The van der Waals surface area contributed by atoms with Crippen LogP contribution in [0.25, 0.3) is 0 Å². The Bertz CT molecular complexity index is 353. The van der Waals surface area contributed by atoms with Crippen molar-refractivity contribution in [3.63, 3.8) is 0 Å². The molecule has 2 N–H and O–H groups in total. The van der Waals surface area contributed by atoms with Gasteiger partial charge in [-0.25, -0.2) is 0 Å². The molecular weight excluding hydrogens is 152 g/mol. The molecule has 0 spiro atoms. The minimum atomic E-state index is -0.340. The largest absolute Gasteiger partial charge is 0.503 e. The first-order valence-corrected chi connectivity index (χ1v) is 3.19. The van der Waals surface area contributed by atoms with Crippen LogP contribution in [-0.2, 0) is 0 Å². The number of aromatic hydroxyl groups is 2. The van der Waals surface area contributed by atoms with E-state index in [4.69, 9.17) is 12.8 Å². The number of hydrogen-bond acceptors (Lipinski definition) is 2. The Morgan fingerprint density at radius 2 is 1.25 bits per heavy atom. The van der Waals surface area contributed by atoms with Gasteiger partial charge in [-0.3, -0.25) is 0 Å². The lowest BCUT2D eigenvalue weighted by atomic mass is 10.1. The highest BCUT2D eigenvalue weighted by Gasteiger charge is 2.07. The first-order chi connectivity index (χ1) is 5.70. The van der Waals surface area contributed by atoms with E-state index in [0.29, 0.717) is 0 Å². The van der Waals surface area contributed by atoms with E-state index in [1.165, 1.54) is 12.1 Å². The summed E-state index contributed by atoms with van der Waals surface area (Å²) >= 11 is 0. The van der Waals surface area contributed by atoms with Crippen LogP contribution in [0.3, 0.4) is 0 Å². The predicted octanol–water partition coefficient (Wildman–Crippen LogP) is 1.06. The minimum Gasteiger partial charge on any atom is -0.503 e. The fourth-order valence-corrected chi connectivity index (χ4v) is 0.813. The van der Waals surface area contributed by atoms with E-state index >= 15 is 0 Å². The molecule has 1 rings (SSSR count). The van der Waals surface area contributed by atoms with Crippen molar-refractivity contribution < 1.29 is 10.2 Å². The summed E-state index contributed by atoms with van der Waals surface area (Å²) in [6, 6.07) is 2.95. The number of phenolic OH excluding ortho intramolecular Hbond substituents is 2. The van der Waals surface area contributed by atoms with Gasteiger partial charge in [-0.05, 0) is 12.1 Å².